The molecule has 1 saturated heterocycles. The van der Waals surface area contributed by atoms with Gasteiger partial charge in [0.1, 0.15) is 5.75 Å². The van der Waals surface area contributed by atoms with E-state index in [9.17, 15) is 8.42 Å². The van der Waals surface area contributed by atoms with Crippen molar-refractivity contribution in [1.29, 1.82) is 0 Å². The molecule has 0 radical (unpaired) electrons. The van der Waals surface area contributed by atoms with E-state index in [-0.39, 0.29) is 4.90 Å². The summed E-state index contributed by atoms with van der Waals surface area (Å²) in [5.41, 5.74) is 0.639. The summed E-state index contributed by atoms with van der Waals surface area (Å²) < 4.78 is 31.7. The van der Waals surface area contributed by atoms with Crippen molar-refractivity contribution in [2.45, 2.75) is 11.8 Å². The normalized spacial score (nSPS) is 17.4. The Labute approximate surface area is 118 Å². The number of nitrogens with one attached hydrogen (secondary N) is 1. The molecule has 1 heterocycles. The fraction of sp³-hybridized carbons (Fsp3) is 0.500. The number of benzene rings is 1. The quantitative estimate of drug-likeness (QED) is 0.913. The topological polar surface area (TPSA) is 58.6 Å². The zero-order valence-electron chi connectivity index (χ0n) is 10.9. The van der Waals surface area contributed by atoms with Crippen molar-refractivity contribution >= 4 is 21.6 Å². The smallest absolute Gasteiger partial charge is 0.243 e. The molecule has 2 rings (SSSR count). The first-order chi connectivity index (χ1) is 8.96. The zero-order valence-corrected chi connectivity index (χ0v) is 12.5. The van der Waals surface area contributed by atoms with Gasteiger partial charge in [0, 0.05) is 26.2 Å². The minimum Gasteiger partial charge on any atom is -0.495 e. The summed E-state index contributed by atoms with van der Waals surface area (Å²) >= 11 is 6.03. The van der Waals surface area contributed by atoms with E-state index in [1.807, 2.05) is 0 Å². The Morgan fingerprint density at radius 1 is 1.32 bits per heavy atom. The predicted molar refractivity (Wildman–Crippen MR) is 74.4 cm³/mol. The van der Waals surface area contributed by atoms with E-state index >= 15 is 0 Å². The molecule has 106 valence electrons. The van der Waals surface area contributed by atoms with Crippen LogP contribution in [-0.2, 0) is 10.0 Å². The Morgan fingerprint density at radius 2 is 1.95 bits per heavy atom. The Bertz CT molecular complexity index is 569. The molecule has 7 heteroatoms. The largest absolute Gasteiger partial charge is 0.495 e. The van der Waals surface area contributed by atoms with E-state index in [0.717, 1.165) is 0 Å². The fourth-order valence-corrected chi connectivity index (χ4v) is 4.07. The third-order valence-corrected chi connectivity index (χ3v) is 5.48. The minimum absolute atomic E-state index is 0.250. The first-order valence-electron chi connectivity index (χ1n) is 6.02. The molecule has 0 spiro atoms. The van der Waals surface area contributed by atoms with Gasteiger partial charge in [0.25, 0.3) is 0 Å². The minimum atomic E-state index is -3.49. The van der Waals surface area contributed by atoms with Crippen molar-refractivity contribution in [3.8, 4) is 5.75 Å². The Morgan fingerprint density at radius 3 is 2.53 bits per heavy atom. The molecule has 0 saturated carbocycles. The standard InChI is InChI=1S/C12H17ClN2O3S/c1-9-7-11(18-2)10(13)8-12(9)19(16,17)15-5-3-14-4-6-15/h7-8,14H,3-6H2,1-2H3. The lowest BCUT2D eigenvalue weighted by Crippen LogP contribution is -2.46. The van der Waals surface area contributed by atoms with Gasteiger partial charge in [-0.25, -0.2) is 8.42 Å². The zero-order chi connectivity index (χ0) is 14.0. The molecule has 0 unspecified atom stereocenters. The number of piperazine rings is 1. The van der Waals surface area contributed by atoms with Gasteiger partial charge < -0.3 is 10.1 Å². The van der Waals surface area contributed by atoms with Crippen molar-refractivity contribution in [3.63, 3.8) is 0 Å². The van der Waals surface area contributed by atoms with Crippen LogP contribution in [0.2, 0.25) is 5.02 Å². The van der Waals surface area contributed by atoms with Crippen LogP contribution in [-0.4, -0.2) is 46.0 Å². The van der Waals surface area contributed by atoms with Crippen LogP contribution in [0.4, 0.5) is 0 Å². The van der Waals surface area contributed by atoms with Gasteiger partial charge in [-0.3, -0.25) is 0 Å². The lowest BCUT2D eigenvalue weighted by Gasteiger charge is -2.27. The monoisotopic (exact) mass is 304 g/mol. The van der Waals surface area contributed by atoms with Crippen molar-refractivity contribution < 1.29 is 13.2 Å². The first kappa shape index (κ1) is 14.6. The van der Waals surface area contributed by atoms with Gasteiger partial charge in [-0.15, -0.1) is 0 Å². The molecule has 1 aromatic carbocycles. The Balaban J connectivity index is 2.42. The highest BCUT2D eigenvalue weighted by Crippen LogP contribution is 2.31. The van der Waals surface area contributed by atoms with E-state index < -0.39 is 10.0 Å². The molecule has 1 fully saturated rings. The van der Waals surface area contributed by atoms with Gasteiger partial charge in [0.05, 0.1) is 17.0 Å². The van der Waals surface area contributed by atoms with Crippen LogP contribution in [0.3, 0.4) is 0 Å². The van der Waals surface area contributed by atoms with Crippen molar-refractivity contribution in [1.82, 2.24) is 9.62 Å². The lowest BCUT2D eigenvalue weighted by molar-refractivity contribution is 0.360. The van der Waals surface area contributed by atoms with Crippen LogP contribution >= 0.6 is 11.6 Å². The summed E-state index contributed by atoms with van der Waals surface area (Å²) in [6.45, 7) is 4.04. The predicted octanol–water partition coefficient (Wildman–Crippen LogP) is 1.25. The van der Waals surface area contributed by atoms with Crippen LogP contribution in [0.25, 0.3) is 0 Å². The molecule has 1 aliphatic heterocycles. The lowest BCUT2D eigenvalue weighted by atomic mass is 10.2. The third-order valence-electron chi connectivity index (χ3n) is 3.14. The number of hydrogen-bond acceptors (Lipinski definition) is 4. The van der Waals surface area contributed by atoms with E-state index in [2.05, 4.69) is 5.32 Å². The summed E-state index contributed by atoms with van der Waals surface area (Å²) in [4.78, 5) is 0.250. The van der Waals surface area contributed by atoms with Gasteiger partial charge in [-0.2, -0.15) is 4.31 Å². The van der Waals surface area contributed by atoms with E-state index in [4.69, 9.17) is 16.3 Å². The highest BCUT2D eigenvalue weighted by Gasteiger charge is 2.28. The van der Waals surface area contributed by atoms with Gasteiger partial charge in [-0.05, 0) is 24.6 Å². The fourth-order valence-electron chi connectivity index (χ4n) is 2.09. The second kappa shape index (κ2) is 5.66. The van der Waals surface area contributed by atoms with Crippen molar-refractivity contribution in [2.24, 2.45) is 0 Å². The van der Waals surface area contributed by atoms with E-state index in [1.165, 1.54) is 17.5 Å². The SMILES string of the molecule is COc1cc(C)c(S(=O)(=O)N2CCNCC2)cc1Cl. The number of hydrogen-bond donors (Lipinski definition) is 1. The van der Waals surface area contributed by atoms with Crippen molar-refractivity contribution in [3.05, 3.63) is 22.7 Å². The Hall–Kier alpha value is -0.820. The highest BCUT2D eigenvalue weighted by molar-refractivity contribution is 7.89. The van der Waals surface area contributed by atoms with Crippen LogP contribution in [0, 0.1) is 6.92 Å². The average molecular weight is 305 g/mol. The number of sulfonamides is 1. The third kappa shape index (κ3) is 2.86. The van der Waals surface area contributed by atoms with Crippen LogP contribution < -0.4 is 10.1 Å². The van der Waals surface area contributed by atoms with Crippen LogP contribution in [0.15, 0.2) is 17.0 Å². The molecule has 5 nitrogen and oxygen atoms in total. The summed E-state index contributed by atoms with van der Waals surface area (Å²) in [5, 5.41) is 3.44. The molecule has 1 aliphatic rings. The van der Waals surface area contributed by atoms with Gasteiger partial charge in [0.2, 0.25) is 10.0 Å². The maximum Gasteiger partial charge on any atom is 0.243 e. The molecular weight excluding hydrogens is 288 g/mol. The molecule has 0 aliphatic carbocycles. The molecule has 0 amide bonds. The summed E-state index contributed by atoms with van der Waals surface area (Å²) in [5.74, 6) is 0.485. The maximum absolute atomic E-state index is 12.6. The molecular formula is C12H17ClN2O3S. The second-order valence-corrected chi connectivity index (χ2v) is 6.72. The maximum atomic E-state index is 12.6. The van der Waals surface area contributed by atoms with Crippen LogP contribution in [0.1, 0.15) is 5.56 Å². The molecule has 1 aromatic rings. The van der Waals surface area contributed by atoms with Gasteiger partial charge in [0.15, 0.2) is 0 Å². The van der Waals surface area contributed by atoms with E-state index in [0.29, 0.717) is 42.5 Å². The first-order valence-corrected chi connectivity index (χ1v) is 7.83. The molecule has 1 N–H and O–H groups in total. The molecule has 0 aromatic heterocycles. The number of rotatable bonds is 3. The summed E-state index contributed by atoms with van der Waals surface area (Å²) in [7, 11) is -1.98. The number of halogens is 1. The summed E-state index contributed by atoms with van der Waals surface area (Å²) in [6.07, 6.45) is 0. The molecule has 19 heavy (non-hydrogen) atoms. The Kier molecular flexibility index (Phi) is 4.35. The van der Waals surface area contributed by atoms with Crippen LogP contribution in [0.5, 0.6) is 5.75 Å². The number of nitrogens with zero attached hydrogens (tertiary/aromatic N) is 1. The molecule has 0 atom stereocenters. The summed E-state index contributed by atoms with van der Waals surface area (Å²) in [6, 6.07) is 3.12. The average Bonchev–Trinajstić information content (AvgIpc) is 2.41. The van der Waals surface area contributed by atoms with Gasteiger partial charge >= 0.3 is 0 Å². The van der Waals surface area contributed by atoms with E-state index in [1.54, 1.807) is 13.0 Å². The van der Waals surface area contributed by atoms with Gasteiger partial charge in [-0.1, -0.05) is 11.6 Å². The highest BCUT2D eigenvalue weighted by atomic mass is 35.5. The number of aryl methyl sites for hydroxylation is 1. The number of ether oxygens (including phenoxy) is 1. The van der Waals surface area contributed by atoms with Crippen molar-refractivity contribution in [2.75, 3.05) is 33.3 Å². The second-order valence-electron chi connectivity index (χ2n) is 4.41. The molecule has 0 bridgehead atoms. The number of methoxy groups -OCH3 is 1.